The molecule has 6 heteroatoms. The Hall–Kier alpha value is -3.15. The van der Waals surface area contributed by atoms with Crippen molar-refractivity contribution in [3.8, 4) is 0 Å². The molecule has 0 heterocycles. The van der Waals surface area contributed by atoms with Gasteiger partial charge in [0, 0.05) is 19.3 Å². The highest BCUT2D eigenvalue weighted by Crippen LogP contribution is 2.12. The topological polar surface area (TPSA) is 78.9 Å². The molecule has 0 saturated carbocycles. The summed E-state index contributed by atoms with van der Waals surface area (Å²) in [6.45, 7) is 6.37. The van der Waals surface area contributed by atoms with E-state index in [0.29, 0.717) is 19.3 Å². The van der Waals surface area contributed by atoms with Gasteiger partial charge in [-0.2, -0.15) is 0 Å². The Morgan fingerprint density at radius 2 is 0.736 bits per heavy atom. The molecule has 0 saturated heterocycles. The van der Waals surface area contributed by atoms with Gasteiger partial charge in [0.1, 0.15) is 13.2 Å². The van der Waals surface area contributed by atoms with Crippen molar-refractivity contribution in [3.63, 3.8) is 0 Å². The molecular weight excluding hydrogens is 661 g/mol. The molecule has 1 unspecified atom stereocenters. The van der Waals surface area contributed by atoms with Gasteiger partial charge in [-0.25, -0.2) is 0 Å². The summed E-state index contributed by atoms with van der Waals surface area (Å²) >= 11 is 0. The van der Waals surface area contributed by atoms with Gasteiger partial charge >= 0.3 is 17.9 Å². The van der Waals surface area contributed by atoms with Crippen LogP contribution in [0.5, 0.6) is 0 Å². The fourth-order valence-corrected chi connectivity index (χ4v) is 5.52. The number of esters is 3. The lowest BCUT2D eigenvalue weighted by Gasteiger charge is -2.18. The van der Waals surface area contributed by atoms with Gasteiger partial charge in [-0.05, 0) is 57.8 Å². The Balaban J connectivity index is 4.41. The molecule has 6 nitrogen and oxygen atoms in total. The van der Waals surface area contributed by atoms with Gasteiger partial charge in [0.2, 0.25) is 0 Å². The lowest BCUT2D eigenvalue weighted by Crippen LogP contribution is -2.30. The summed E-state index contributed by atoms with van der Waals surface area (Å²) in [7, 11) is 0. The minimum absolute atomic E-state index is 0.0978. The molecule has 1 atom stereocenters. The normalized spacial score (nSPS) is 12.7. The first-order chi connectivity index (χ1) is 26.0. The predicted molar refractivity (Wildman–Crippen MR) is 224 cm³/mol. The Labute approximate surface area is 325 Å². The minimum Gasteiger partial charge on any atom is -0.462 e. The summed E-state index contributed by atoms with van der Waals surface area (Å²) in [6, 6.07) is 0. The molecule has 0 N–H and O–H groups in total. The molecule has 0 aromatic heterocycles. The van der Waals surface area contributed by atoms with Crippen molar-refractivity contribution in [2.24, 2.45) is 0 Å². The van der Waals surface area contributed by atoms with Gasteiger partial charge in [0.15, 0.2) is 6.10 Å². The largest absolute Gasteiger partial charge is 0.462 e. The van der Waals surface area contributed by atoms with Crippen LogP contribution in [-0.2, 0) is 28.6 Å². The quantitative estimate of drug-likeness (QED) is 0.0273. The van der Waals surface area contributed by atoms with Crippen molar-refractivity contribution in [1.82, 2.24) is 0 Å². The highest BCUT2D eigenvalue weighted by molar-refractivity contribution is 5.71. The second kappa shape index (κ2) is 41.6. The maximum Gasteiger partial charge on any atom is 0.306 e. The first kappa shape index (κ1) is 49.9. The van der Waals surface area contributed by atoms with Crippen LogP contribution in [-0.4, -0.2) is 37.2 Å². The maximum absolute atomic E-state index is 12.6. The zero-order valence-corrected chi connectivity index (χ0v) is 34.3. The van der Waals surface area contributed by atoms with Crippen LogP contribution in [0.4, 0.5) is 0 Å². The van der Waals surface area contributed by atoms with Crippen LogP contribution >= 0.6 is 0 Å². The summed E-state index contributed by atoms with van der Waals surface area (Å²) in [6.07, 6.45) is 50.5. The van der Waals surface area contributed by atoms with E-state index in [1.165, 1.54) is 64.2 Å². The number of ether oxygens (including phenoxy) is 3. The first-order valence-corrected chi connectivity index (χ1v) is 21.4. The molecule has 0 radical (unpaired) electrons. The van der Waals surface area contributed by atoms with Crippen LogP contribution < -0.4 is 0 Å². The van der Waals surface area contributed by atoms with Gasteiger partial charge in [-0.15, -0.1) is 0 Å². The summed E-state index contributed by atoms with van der Waals surface area (Å²) < 4.78 is 16.5. The van der Waals surface area contributed by atoms with E-state index in [-0.39, 0.29) is 37.5 Å². The predicted octanol–water partition coefficient (Wildman–Crippen LogP) is 13.5. The first-order valence-electron chi connectivity index (χ1n) is 21.4. The van der Waals surface area contributed by atoms with Gasteiger partial charge in [-0.3, -0.25) is 14.4 Å². The number of carbonyl (C=O) groups is 3. The van der Waals surface area contributed by atoms with Crippen LogP contribution in [0.3, 0.4) is 0 Å². The molecular formula is C47H78O6. The average molecular weight is 739 g/mol. The molecule has 0 rings (SSSR count). The standard InChI is InChI=1S/C47H78O6/c1-4-7-10-13-16-19-20-21-22-23-24-25-26-27-28-29-32-34-37-40-46(49)52-43-44(53-47(50)41-38-35-31-18-15-12-9-6-3)42-51-45(48)39-36-33-30-17-14-11-8-5-2/h7,10,16,19,21-22,24-25,27-28,32,34,44H,4-6,8-9,11-15,17-18,20,23,26,29-31,33,35-43H2,1-3H3/b10-7-,19-16-,22-21-,25-24-,28-27-,34-32-. The molecule has 302 valence electrons. The molecule has 53 heavy (non-hydrogen) atoms. The average Bonchev–Trinajstić information content (AvgIpc) is 3.15. The number of allylic oxidation sites excluding steroid dienone is 12. The zero-order chi connectivity index (χ0) is 38.7. The Bertz CT molecular complexity index is 1030. The number of rotatable bonds is 37. The Kier molecular flexibility index (Phi) is 39.1. The van der Waals surface area contributed by atoms with E-state index >= 15 is 0 Å². The third-order valence-corrected chi connectivity index (χ3v) is 8.74. The van der Waals surface area contributed by atoms with E-state index in [1.807, 2.05) is 12.2 Å². The van der Waals surface area contributed by atoms with E-state index in [4.69, 9.17) is 14.2 Å². The van der Waals surface area contributed by atoms with Gasteiger partial charge < -0.3 is 14.2 Å². The molecule has 0 amide bonds. The summed E-state index contributed by atoms with van der Waals surface area (Å²) in [5.41, 5.74) is 0. The zero-order valence-electron chi connectivity index (χ0n) is 34.3. The highest BCUT2D eigenvalue weighted by atomic mass is 16.6. The minimum atomic E-state index is -0.797. The molecule has 0 aliphatic heterocycles. The van der Waals surface area contributed by atoms with Crippen molar-refractivity contribution >= 4 is 17.9 Å². The molecule has 0 fully saturated rings. The van der Waals surface area contributed by atoms with E-state index in [0.717, 1.165) is 77.0 Å². The van der Waals surface area contributed by atoms with Crippen LogP contribution in [0.1, 0.15) is 188 Å². The number of hydrogen-bond acceptors (Lipinski definition) is 6. The van der Waals surface area contributed by atoms with Crippen molar-refractivity contribution in [1.29, 1.82) is 0 Å². The van der Waals surface area contributed by atoms with E-state index in [1.54, 1.807) is 0 Å². The summed E-state index contributed by atoms with van der Waals surface area (Å²) in [5, 5.41) is 0. The lowest BCUT2D eigenvalue weighted by molar-refractivity contribution is -0.166. The lowest BCUT2D eigenvalue weighted by atomic mass is 10.1. The Morgan fingerprint density at radius 1 is 0.396 bits per heavy atom. The van der Waals surface area contributed by atoms with Gasteiger partial charge in [-0.1, -0.05) is 184 Å². The monoisotopic (exact) mass is 739 g/mol. The molecule has 0 aliphatic carbocycles. The van der Waals surface area contributed by atoms with Crippen molar-refractivity contribution < 1.29 is 28.6 Å². The Morgan fingerprint density at radius 3 is 1.15 bits per heavy atom. The van der Waals surface area contributed by atoms with Gasteiger partial charge in [0.05, 0.1) is 0 Å². The molecule has 0 aromatic carbocycles. The SMILES string of the molecule is CC/C=C\C/C=C\C/C=C\C/C=C\C/C=C\C/C=C\CCC(=O)OCC(COC(=O)CCCCCCCCCC)OC(=O)CCCCCCCCCC. The number of unbranched alkanes of at least 4 members (excludes halogenated alkanes) is 14. The van der Waals surface area contributed by atoms with Crippen LogP contribution in [0.15, 0.2) is 72.9 Å². The molecule has 0 aliphatic rings. The number of hydrogen-bond donors (Lipinski definition) is 0. The van der Waals surface area contributed by atoms with Crippen molar-refractivity contribution in [3.05, 3.63) is 72.9 Å². The third kappa shape index (κ3) is 39.9. The smallest absolute Gasteiger partial charge is 0.306 e. The third-order valence-electron chi connectivity index (χ3n) is 8.74. The van der Waals surface area contributed by atoms with Crippen molar-refractivity contribution in [2.75, 3.05) is 13.2 Å². The second-order valence-corrected chi connectivity index (χ2v) is 13.9. The fraction of sp³-hybridized carbons (Fsp3) is 0.681. The molecule has 0 spiro atoms. The van der Waals surface area contributed by atoms with Crippen LogP contribution in [0.25, 0.3) is 0 Å². The molecule has 0 bridgehead atoms. The summed E-state index contributed by atoms with van der Waals surface area (Å²) in [5.74, 6) is -1.00. The van der Waals surface area contributed by atoms with E-state index in [9.17, 15) is 14.4 Å². The van der Waals surface area contributed by atoms with Crippen molar-refractivity contribution in [2.45, 2.75) is 194 Å². The second-order valence-electron chi connectivity index (χ2n) is 13.9. The van der Waals surface area contributed by atoms with Gasteiger partial charge in [0.25, 0.3) is 0 Å². The fourth-order valence-electron chi connectivity index (χ4n) is 5.52. The van der Waals surface area contributed by atoms with E-state index < -0.39 is 6.10 Å². The van der Waals surface area contributed by atoms with E-state index in [2.05, 4.69) is 81.5 Å². The summed E-state index contributed by atoms with van der Waals surface area (Å²) in [4.78, 5) is 37.4. The maximum atomic E-state index is 12.6. The van der Waals surface area contributed by atoms with Crippen LogP contribution in [0, 0.1) is 0 Å². The highest BCUT2D eigenvalue weighted by Gasteiger charge is 2.19. The number of carbonyl (C=O) groups excluding carboxylic acids is 3. The molecule has 0 aromatic rings. The van der Waals surface area contributed by atoms with Crippen LogP contribution in [0.2, 0.25) is 0 Å².